The third kappa shape index (κ3) is 4.03. The summed E-state index contributed by atoms with van der Waals surface area (Å²) >= 11 is 8.30. The normalized spacial score (nSPS) is 11.0. The SMILES string of the molecule is O=C(Cn1cc(I)cn1)NCCCn1ncc2c(Cl)cccc21. The van der Waals surface area contributed by atoms with Gasteiger partial charge in [0.05, 0.1) is 26.5 Å². The Kier molecular flexibility index (Phi) is 5.16. The van der Waals surface area contributed by atoms with E-state index in [4.69, 9.17) is 11.6 Å². The van der Waals surface area contributed by atoms with Gasteiger partial charge in [-0.25, -0.2) is 0 Å². The highest BCUT2D eigenvalue weighted by Crippen LogP contribution is 2.22. The first kappa shape index (κ1) is 16.3. The molecule has 0 unspecified atom stereocenters. The minimum Gasteiger partial charge on any atom is -0.354 e. The van der Waals surface area contributed by atoms with E-state index in [0.717, 1.165) is 27.4 Å². The number of aromatic nitrogens is 4. The zero-order chi connectivity index (χ0) is 16.2. The van der Waals surface area contributed by atoms with Crippen molar-refractivity contribution in [3.05, 3.63) is 45.4 Å². The molecule has 1 amide bonds. The van der Waals surface area contributed by atoms with Crippen LogP contribution in [0.15, 0.2) is 36.8 Å². The molecule has 0 atom stereocenters. The lowest BCUT2D eigenvalue weighted by Gasteiger charge is -2.06. The molecule has 23 heavy (non-hydrogen) atoms. The summed E-state index contributed by atoms with van der Waals surface area (Å²) in [4.78, 5) is 11.8. The highest BCUT2D eigenvalue weighted by atomic mass is 127. The molecule has 0 aliphatic rings. The molecule has 8 heteroatoms. The minimum atomic E-state index is -0.0436. The van der Waals surface area contributed by atoms with Crippen LogP contribution in [-0.2, 0) is 17.9 Å². The van der Waals surface area contributed by atoms with Crippen LogP contribution in [0.3, 0.4) is 0 Å². The molecule has 2 aromatic heterocycles. The van der Waals surface area contributed by atoms with Crippen LogP contribution in [0.2, 0.25) is 5.02 Å². The average Bonchev–Trinajstić information content (AvgIpc) is 3.11. The van der Waals surface area contributed by atoms with Gasteiger partial charge in [0.2, 0.25) is 5.91 Å². The van der Waals surface area contributed by atoms with Crippen molar-refractivity contribution in [2.24, 2.45) is 0 Å². The van der Waals surface area contributed by atoms with Gasteiger partial charge in [-0.15, -0.1) is 0 Å². The van der Waals surface area contributed by atoms with Crippen LogP contribution in [0.25, 0.3) is 10.9 Å². The first-order valence-corrected chi connectivity index (χ1v) is 8.64. The van der Waals surface area contributed by atoms with E-state index in [1.54, 1.807) is 17.1 Å². The molecule has 1 aromatic carbocycles. The smallest absolute Gasteiger partial charge is 0.241 e. The third-order valence-corrected chi connectivity index (χ3v) is 4.30. The fraction of sp³-hybridized carbons (Fsp3) is 0.267. The first-order chi connectivity index (χ1) is 11.1. The molecular formula is C15H15ClIN5O. The Morgan fingerprint density at radius 3 is 2.96 bits per heavy atom. The van der Waals surface area contributed by atoms with Gasteiger partial charge in [0.1, 0.15) is 6.54 Å². The second-order valence-electron chi connectivity index (χ2n) is 5.10. The van der Waals surface area contributed by atoms with Crippen molar-refractivity contribution < 1.29 is 4.79 Å². The lowest BCUT2D eigenvalue weighted by atomic mass is 10.2. The molecule has 0 aliphatic heterocycles. The second kappa shape index (κ2) is 7.31. The van der Waals surface area contributed by atoms with Gasteiger partial charge in [-0.2, -0.15) is 10.2 Å². The summed E-state index contributed by atoms with van der Waals surface area (Å²) in [5.41, 5.74) is 1.01. The van der Waals surface area contributed by atoms with Crippen LogP contribution in [0.4, 0.5) is 0 Å². The number of carbonyl (C=O) groups is 1. The number of carbonyl (C=O) groups excluding carboxylic acids is 1. The summed E-state index contributed by atoms with van der Waals surface area (Å²) in [6.45, 7) is 1.56. The van der Waals surface area contributed by atoms with Crippen molar-refractivity contribution >= 4 is 51.0 Å². The van der Waals surface area contributed by atoms with Crippen molar-refractivity contribution in [2.75, 3.05) is 6.54 Å². The molecule has 2 heterocycles. The number of benzene rings is 1. The molecule has 120 valence electrons. The van der Waals surface area contributed by atoms with E-state index in [-0.39, 0.29) is 12.5 Å². The van der Waals surface area contributed by atoms with Gasteiger partial charge in [-0.1, -0.05) is 17.7 Å². The number of aryl methyl sites for hydroxylation is 1. The molecule has 0 fully saturated rings. The standard InChI is InChI=1S/C15H15ClIN5O/c16-13-3-1-4-14-12(13)8-20-22(14)6-2-5-18-15(23)10-21-9-11(17)7-19-21/h1,3-4,7-9H,2,5-6,10H2,(H,18,23). The third-order valence-electron chi connectivity index (χ3n) is 3.41. The summed E-state index contributed by atoms with van der Waals surface area (Å²) in [5, 5.41) is 13.0. The van der Waals surface area contributed by atoms with E-state index >= 15 is 0 Å². The number of hydrogen-bond donors (Lipinski definition) is 1. The number of nitrogens with one attached hydrogen (secondary N) is 1. The largest absolute Gasteiger partial charge is 0.354 e. The molecule has 3 rings (SSSR count). The fourth-order valence-corrected chi connectivity index (χ4v) is 3.00. The summed E-state index contributed by atoms with van der Waals surface area (Å²) < 4.78 is 4.54. The topological polar surface area (TPSA) is 64.7 Å². The molecule has 0 bridgehead atoms. The van der Waals surface area contributed by atoms with Gasteiger partial charge in [0, 0.05) is 24.7 Å². The molecule has 0 saturated heterocycles. The van der Waals surface area contributed by atoms with Crippen molar-refractivity contribution in [2.45, 2.75) is 19.5 Å². The highest BCUT2D eigenvalue weighted by molar-refractivity contribution is 14.1. The van der Waals surface area contributed by atoms with Crippen LogP contribution >= 0.6 is 34.2 Å². The van der Waals surface area contributed by atoms with Gasteiger partial charge >= 0.3 is 0 Å². The number of nitrogens with zero attached hydrogens (tertiary/aromatic N) is 4. The maximum absolute atomic E-state index is 11.8. The molecule has 0 spiro atoms. The van der Waals surface area contributed by atoms with Gasteiger partial charge < -0.3 is 5.32 Å². The predicted molar refractivity (Wildman–Crippen MR) is 97.3 cm³/mol. The average molecular weight is 444 g/mol. The molecule has 6 nitrogen and oxygen atoms in total. The Bertz CT molecular complexity index is 828. The van der Waals surface area contributed by atoms with Crippen LogP contribution in [0.5, 0.6) is 0 Å². The van der Waals surface area contributed by atoms with Crippen molar-refractivity contribution in [3.8, 4) is 0 Å². The zero-order valence-electron chi connectivity index (χ0n) is 12.2. The maximum Gasteiger partial charge on any atom is 0.241 e. The Labute approximate surface area is 151 Å². The molecule has 0 radical (unpaired) electrons. The van der Waals surface area contributed by atoms with E-state index in [9.17, 15) is 4.79 Å². The van der Waals surface area contributed by atoms with Crippen molar-refractivity contribution in [1.29, 1.82) is 0 Å². The summed E-state index contributed by atoms with van der Waals surface area (Å²) in [7, 11) is 0. The summed E-state index contributed by atoms with van der Waals surface area (Å²) in [6.07, 6.45) is 6.13. The molecule has 1 N–H and O–H groups in total. The van der Waals surface area contributed by atoms with E-state index in [2.05, 4.69) is 38.1 Å². The van der Waals surface area contributed by atoms with E-state index in [1.807, 2.05) is 29.1 Å². The molecule has 3 aromatic rings. The van der Waals surface area contributed by atoms with Crippen molar-refractivity contribution in [3.63, 3.8) is 0 Å². The fourth-order valence-electron chi connectivity index (χ4n) is 2.33. The lowest BCUT2D eigenvalue weighted by Crippen LogP contribution is -2.29. The van der Waals surface area contributed by atoms with E-state index < -0.39 is 0 Å². The summed E-state index contributed by atoms with van der Waals surface area (Å²) in [6, 6.07) is 5.76. The summed E-state index contributed by atoms with van der Waals surface area (Å²) in [5.74, 6) is -0.0436. The zero-order valence-corrected chi connectivity index (χ0v) is 15.2. The highest BCUT2D eigenvalue weighted by Gasteiger charge is 2.06. The quantitative estimate of drug-likeness (QED) is 0.471. The van der Waals surface area contributed by atoms with Gasteiger partial charge in [0.15, 0.2) is 0 Å². The van der Waals surface area contributed by atoms with Gasteiger partial charge in [-0.05, 0) is 41.1 Å². The van der Waals surface area contributed by atoms with Crippen LogP contribution in [0, 0.1) is 3.57 Å². The number of rotatable bonds is 6. The van der Waals surface area contributed by atoms with Crippen LogP contribution in [-0.4, -0.2) is 32.0 Å². The minimum absolute atomic E-state index is 0.0436. The Hall–Kier alpha value is -1.61. The Balaban J connectivity index is 1.47. The van der Waals surface area contributed by atoms with E-state index in [1.165, 1.54) is 0 Å². The monoisotopic (exact) mass is 443 g/mol. The Morgan fingerprint density at radius 2 is 2.17 bits per heavy atom. The molecular weight excluding hydrogens is 429 g/mol. The first-order valence-electron chi connectivity index (χ1n) is 7.18. The maximum atomic E-state index is 11.8. The second-order valence-corrected chi connectivity index (χ2v) is 6.75. The number of hydrogen-bond acceptors (Lipinski definition) is 3. The van der Waals surface area contributed by atoms with Crippen LogP contribution in [0.1, 0.15) is 6.42 Å². The molecule has 0 saturated carbocycles. The number of fused-ring (bicyclic) bond motifs is 1. The van der Waals surface area contributed by atoms with Crippen LogP contribution < -0.4 is 5.32 Å². The van der Waals surface area contributed by atoms with Crippen molar-refractivity contribution in [1.82, 2.24) is 24.9 Å². The molecule has 0 aliphatic carbocycles. The Morgan fingerprint density at radius 1 is 1.30 bits per heavy atom. The van der Waals surface area contributed by atoms with Gasteiger partial charge in [-0.3, -0.25) is 14.2 Å². The van der Waals surface area contributed by atoms with Gasteiger partial charge in [0.25, 0.3) is 0 Å². The number of halogens is 2. The predicted octanol–water partition coefficient (Wildman–Crippen LogP) is 2.70. The number of amides is 1. The lowest BCUT2D eigenvalue weighted by molar-refractivity contribution is -0.121. The van der Waals surface area contributed by atoms with E-state index in [0.29, 0.717) is 11.6 Å².